The van der Waals surface area contributed by atoms with Gasteiger partial charge in [-0.2, -0.15) is 0 Å². The van der Waals surface area contributed by atoms with Crippen LogP contribution in [0.5, 0.6) is 0 Å². The van der Waals surface area contributed by atoms with E-state index in [2.05, 4.69) is 161 Å². The molecule has 0 saturated heterocycles. The van der Waals surface area contributed by atoms with E-state index in [0.717, 1.165) is 0 Å². The van der Waals surface area contributed by atoms with Crippen LogP contribution in [0.25, 0.3) is 74.6 Å². The molecule has 0 amide bonds. The smallest absolute Gasteiger partial charge is 0.333 e. The minimum Gasteiger partial charge on any atom is -0.375 e. The molecule has 0 unspecified atom stereocenters. The predicted molar refractivity (Wildman–Crippen MR) is 208 cm³/mol. The summed E-state index contributed by atoms with van der Waals surface area (Å²) in [5.41, 5.74) is 11.8. The Labute approximate surface area is 280 Å². The summed E-state index contributed by atoms with van der Waals surface area (Å²) < 4.78 is 5.33. The van der Waals surface area contributed by atoms with Crippen molar-refractivity contribution in [3.05, 3.63) is 152 Å². The van der Waals surface area contributed by atoms with Crippen LogP contribution < -0.4 is 15.8 Å². The average molecular weight is 625 g/mol. The summed E-state index contributed by atoms with van der Waals surface area (Å²) in [5, 5.41) is 10.4. The minimum atomic E-state index is 0.0201. The monoisotopic (exact) mass is 624 g/mol. The molecule has 4 heteroatoms. The van der Waals surface area contributed by atoms with Crippen molar-refractivity contribution in [3.63, 3.8) is 0 Å². The van der Waals surface area contributed by atoms with E-state index in [1.165, 1.54) is 103 Å². The molecule has 220 valence electrons. The minimum absolute atomic E-state index is 0.0201. The van der Waals surface area contributed by atoms with Crippen LogP contribution >= 0.6 is 11.3 Å². The van der Waals surface area contributed by atoms with Gasteiger partial charge in [0.2, 0.25) is 0 Å². The Morgan fingerprint density at radius 1 is 0.500 bits per heavy atom. The molecule has 0 bridgehead atoms. The molecule has 4 heterocycles. The van der Waals surface area contributed by atoms with Gasteiger partial charge in [-0.05, 0) is 74.4 Å². The zero-order valence-electron chi connectivity index (χ0n) is 25.8. The van der Waals surface area contributed by atoms with Gasteiger partial charge in [-0.3, -0.25) is 0 Å². The first-order valence-electron chi connectivity index (χ1n) is 16.6. The van der Waals surface area contributed by atoms with Crippen molar-refractivity contribution in [1.29, 1.82) is 0 Å². The molecule has 48 heavy (non-hydrogen) atoms. The van der Waals surface area contributed by atoms with Crippen molar-refractivity contribution in [2.24, 2.45) is 0 Å². The summed E-state index contributed by atoms with van der Waals surface area (Å²) in [4.78, 5) is 2.56. The van der Waals surface area contributed by atoms with E-state index >= 15 is 0 Å². The molecular weight excluding hydrogens is 599 g/mol. The van der Waals surface area contributed by atoms with Crippen LogP contribution in [0.15, 0.2) is 152 Å². The molecule has 0 aliphatic carbocycles. The topological polar surface area (TPSA) is 8.17 Å². The normalized spacial score (nSPS) is 13.3. The lowest BCUT2D eigenvalue weighted by atomic mass is 9.44. The number of rotatable bonds is 1. The van der Waals surface area contributed by atoms with Gasteiger partial charge in [-0.25, -0.2) is 0 Å². The molecule has 12 rings (SSSR count). The molecule has 0 fully saturated rings. The number of hydrogen-bond donors (Lipinski definition) is 0. The van der Waals surface area contributed by atoms with Crippen molar-refractivity contribution < 1.29 is 0 Å². The Hall–Kier alpha value is -5.84. The van der Waals surface area contributed by atoms with Crippen LogP contribution in [0.3, 0.4) is 0 Å². The highest BCUT2D eigenvalue weighted by Gasteiger charge is 2.44. The second-order valence-electron chi connectivity index (χ2n) is 13.3. The van der Waals surface area contributed by atoms with Crippen LogP contribution in [-0.4, -0.2) is 11.3 Å². The van der Waals surface area contributed by atoms with E-state index in [9.17, 15) is 0 Å². The molecule has 2 aliphatic heterocycles. The third-order valence-corrected chi connectivity index (χ3v) is 12.0. The number of fused-ring (bicyclic) bond motifs is 13. The highest BCUT2D eigenvalue weighted by Crippen LogP contribution is 2.50. The highest BCUT2D eigenvalue weighted by molar-refractivity contribution is 7.26. The van der Waals surface area contributed by atoms with E-state index in [-0.39, 0.29) is 6.85 Å². The summed E-state index contributed by atoms with van der Waals surface area (Å²) in [7, 11) is 0. The van der Waals surface area contributed by atoms with Crippen molar-refractivity contribution in [2.45, 2.75) is 0 Å². The van der Waals surface area contributed by atoms with Gasteiger partial charge in [0.05, 0.1) is 0 Å². The third-order valence-electron chi connectivity index (χ3n) is 10.9. The van der Waals surface area contributed by atoms with Gasteiger partial charge < -0.3 is 9.38 Å². The second kappa shape index (κ2) is 8.94. The number of hydrogen-bond acceptors (Lipinski definition) is 2. The summed E-state index contributed by atoms with van der Waals surface area (Å²) >= 11 is 1.92. The first kappa shape index (κ1) is 25.3. The van der Waals surface area contributed by atoms with Gasteiger partial charge in [0, 0.05) is 64.6 Å². The Balaban J connectivity index is 1.33. The Bertz CT molecular complexity index is 3040. The molecule has 0 spiro atoms. The summed E-state index contributed by atoms with van der Waals surface area (Å²) in [5.74, 6) is 0. The fourth-order valence-corrected chi connectivity index (χ4v) is 10.1. The van der Waals surface area contributed by atoms with Crippen LogP contribution in [0.4, 0.5) is 17.1 Å². The van der Waals surface area contributed by atoms with E-state index in [0.29, 0.717) is 0 Å². The average Bonchev–Trinajstić information content (AvgIpc) is 3.68. The van der Waals surface area contributed by atoms with E-state index < -0.39 is 0 Å². The van der Waals surface area contributed by atoms with Crippen LogP contribution in [-0.2, 0) is 0 Å². The lowest BCUT2D eigenvalue weighted by Gasteiger charge is -2.41. The largest absolute Gasteiger partial charge is 0.375 e. The Kier molecular flexibility index (Phi) is 4.71. The number of benzene rings is 8. The van der Waals surface area contributed by atoms with Crippen molar-refractivity contribution >= 4 is 110 Å². The lowest BCUT2D eigenvalue weighted by Crippen LogP contribution is -2.56. The first-order valence-corrected chi connectivity index (χ1v) is 17.5. The third kappa shape index (κ3) is 3.09. The maximum Gasteiger partial charge on any atom is 0.333 e. The summed E-state index contributed by atoms with van der Waals surface area (Å²) in [6, 6.07) is 56.8. The van der Waals surface area contributed by atoms with Gasteiger partial charge in [-0.1, -0.05) is 115 Å². The van der Waals surface area contributed by atoms with Gasteiger partial charge in [0.1, 0.15) is 0 Å². The zero-order valence-corrected chi connectivity index (χ0v) is 26.6. The summed E-state index contributed by atoms with van der Waals surface area (Å²) in [6.07, 6.45) is 0. The molecule has 0 saturated carbocycles. The maximum absolute atomic E-state index is 2.66. The number of para-hydroxylation sites is 2. The Morgan fingerprint density at radius 2 is 1.21 bits per heavy atom. The maximum atomic E-state index is 2.66. The molecule has 2 aliphatic rings. The molecule has 0 atom stereocenters. The quantitative estimate of drug-likeness (QED) is 0.165. The van der Waals surface area contributed by atoms with Gasteiger partial charge in [-0.15, -0.1) is 11.3 Å². The molecule has 2 nitrogen and oxygen atoms in total. The number of aromatic nitrogens is 1. The van der Waals surface area contributed by atoms with Crippen LogP contribution in [0.1, 0.15) is 0 Å². The van der Waals surface area contributed by atoms with Gasteiger partial charge in [0.15, 0.2) is 0 Å². The highest BCUT2D eigenvalue weighted by atomic mass is 32.1. The van der Waals surface area contributed by atoms with Crippen molar-refractivity contribution in [1.82, 2.24) is 4.48 Å². The fourth-order valence-electron chi connectivity index (χ4n) is 8.96. The standard InChI is InChI=1S/C44H25BN2S/c1-2-11-27-22-30(21-20-26(27)10-1)46-37-24-29-13-4-3-12-28(29)23-35(37)45-43-38(46)25-40-41(33-15-6-8-19-39(33)48-40)42(43)34-17-9-16-32-31-14-5-7-18-36(31)47(45)44(32)34/h1-25H. The zero-order chi connectivity index (χ0) is 31.1. The van der Waals surface area contributed by atoms with Gasteiger partial charge in [0.25, 0.3) is 0 Å². The molecule has 0 radical (unpaired) electrons. The number of anilines is 3. The second-order valence-corrected chi connectivity index (χ2v) is 14.4. The number of thiophene rings is 1. The van der Waals surface area contributed by atoms with Crippen molar-refractivity contribution in [3.8, 4) is 11.1 Å². The molecule has 2 aromatic heterocycles. The van der Waals surface area contributed by atoms with Crippen molar-refractivity contribution in [2.75, 3.05) is 4.90 Å². The lowest BCUT2D eigenvalue weighted by molar-refractivity contribution is 1.27. The van der Waals surface area contributed by atoms with E-state index in [4.69, 9.17) is 0 Å². The van der Waals surface area contributed by atoms with Gasteiger partial charge >= 0.3 is 6.85 Å². The van der Waals surface area contributed by atoms with Crippen LogP contribution in [0.2, 0.25) is 0 Å². The fraction of sp³-hybridized carbons (Fsp3) is 0. The number of nitrogens with zero attached hydrogens (tertiary/aromatic N) is 2. The van der Waals surface area contributed by atoms with E-state index in [1.807, 2.05) is 11.3 Å². The Morgan fingerprint density at radius 3 is 2.08 bits per heavy atom. The SMILES string of the molecule is c1ccc2cc(N3c4cc5ccccc5cc4B4c5c3cc3sc6ccccc6c3c5-c3cccc5c6ccccc6n4c35)ccc2c1. The van der Waals surface area contributed by atoms with E-state index in [1.54, 1.807) is 0 Å². The molecule has 8 aromatic carbocycles. The summed E-state index contributed by atoms with van der Waals surface area (Å²) in [6.45, 7) is 0.0201. The van der Waals surface area contributed by atoms with Crippen LogP contribution in [0, 0.1) is 0 Å². The molecule has 10 aromatic rings. The first-order chi connectivity index (χ1) is 23.8. The molecular formula is C44H25BN2S. The molecule has 0 N–H and O–H groups in total. The predicted octanol–water partition coefficient (Wildman–Crippen LogP) is 10.9.